The number of hydrogen-bond donors (Lipinski definition) is 0. The minimum absolute atomic E-state index is 0.0159. The van der Waals surface area contributed by atoms with E-state index in [1.807, 2.05) is 37.3 Å². The van der Waals surface area contributed by atoms with Crippen LogP contribution in [0, 0.1) is 0 Å². The van der Waals surface area contributed by atoms with E-state index < -0.39 is 5.97 Å². The SMILES string of the molecule is CCOC(=O)COc1ccc2cccc(N(CC)C(C)=O)c2c1. The second-order valence-electron chi connectivity index (χ2n) is 5.02. The van der Waals surface area contributed by atoms with Crippen LogP contribution in [-0.4, -0.2) is 31.6 Å². The van der Waals surface area contributed by atoms with Crippen LogP contribution in [0.5, 0.6) is 5.75 Å². The highest BCUT2D eigenvalue weighted by Crippen LogP contribution is 2.30. The minimum Gasteiger partial charge on any atom is -0.482 e. The lowest BCUT2D eigenvalue weighted by Crippen LogP contribution is -2.28. The monoisotopic (exact) mass is 315 g/mol. The molecule has 0 saturated heterocycles. The van der Waals surface area contributed by atoms with Crippen LogP contribution < -0.4 is 9.64 Å². The van der Waals surface area contributed by atoms with Crippen molar-refractivity contribution in [2.24, 2.45) is 0 Å². The predicted molar refractivity (Wildman–Crippen MR) is 89.8 cm³/mol. The van der Waals surface area contributed by atoms with E-state index in [1.54, 1.807) is 24.8 Å². The van der Waals surface area contributed by atoms with E-state index in [2.05, 4.69) is 0 Å². The Labute approximate surface area is 135 Å². The first-order valence-corrected chi connectivity index (χ1v) is 7.66. The normalized spacial score (nSPS) is 10.4. The van der Waals surface area contributed by atoms with Crippen molar-refractivity contribution in [1.82, 2.24) is 0 Å². The lowest BCUT2D eigenvalue weighted by Gasteiger charge is -2.21. The molecule has 0 fully saturated rings. The third-order valence-corrected chi connectivity index (χ3v) is 3.48. The molecule has 1 amide bonds. The molecule has 5 nitrogen and oxygen atoms in total. The highest BCUT2D eigenvalue weighted by atomic mass is 16.6. The Kier molecular flexibility index (Phi) is 5.57. The number of amides is 1. The molecule has 0 atom stereocenters. The number of ether oxygens (including phenoxy) is 2. The van der Waals surface area contributed by atoms with Crippen LogP contribution in [0.25, 0.3) is 10.8 Å². The molecule has 2 aromatic rings. The fraction of sp³-hybridized carbons (Fsp3) is 0.333. The van der Waals surface area contributed by atoms with Crippen molar-refractivity contribution in [3.8, 4) is 5.75 Å². The molecule has 5 heteroatoms. The maximum Gasteiger partial charge on any atom is 0.344 e. The molecule has 0 N–H and O–H groups in total. The van der Waals surface area contributed by atoms with E-state index in [1.165, 1.54) is 0 Å². The quantitative estimate of drug-likeness (QED) is 0.768. The Morgan fingerprint density at radius 2 is 1.91 bits per heavy atom. The summed E-state index contributed by atoms with van der Waals surface area (Å²) in [7, 11) is 0. The second kappa shape index (κ2) is 7.63. The number of carbonyl (C=O) groups excluding carboxylic acids is 2. The van der Waals surface area contributed by atoms with Crippen LogP contribution in [0.2, 0.25) is 0 Å². The number of anilines is 1. The van der Waals surface area contributed by atoms with Gasteiger partial charge in [-0.1, -0.05) is 18.2 Å². The molecular formula is C18H21NO4. The lowest BCUT2D eigenvalue weighted by atomic mass is 10.1. The summed E-state index contributed by atoms with van der Waals surface area (Å²) in [5.41, 5.74) is 0.832. The number of esters is 1. The number of benzene rings is 2. The number of rotatable bonds is 6. The summed E-state index contributed by atoms with van der Waals surface area (Å²) in [6.07, 6.45) is 0. The fourth-order valence-corrected chi connectivity index (χ4v) is 2.47. The first-order chi connectivity index (χ1) is 11.1. The van der Waals surface area contributed by atoms with Gasteiger partial charge in [0.25, 0.3) is 0 Å². The van der Waals surface area contributed by atoms with E-state index in [9.17, 15) is 9.59 Å². The van der Waals surface area contributed by atoms with Crippen LogP contribution in [0.1, 0.15) is 20.8 Å². The van der Waals surface area contributed by atoms with Gasteiger partial charge in [-0.25, -0.2) is 4.79 Å². The summed E-state index contributed by atoms with van der Waals surface area (Å²) < 4.78 is 10.3. The molecule has 0 aromatic heterocycles. The van der Waals surface area contributed by atoms with Crippen molar-refractivity contribution in [1.29, 1.82) is 0 Å². The van der Waals surface area contributed by atoms with Crippen LogP contribution in [-0.2, 0) is 14.3 Å². The molecule has 122 valence electrons. The Bertz CT molecular complexity index is 711. The Hall–Kier alpha value is -2.56. The third-order valence-electron chi connectivity index (χ3n) is 3.48. The molecule has 0 spiro atoms. The Balaban J connectivity index is 2.33. The third kappa shape index (κ3) is 4.00. The van der Waals surface area contributed by atoms with Crippen molar-refractivity contribution in [2.45, 2.75) is 20.8 Å². The molecule has 0 unspecified atom stereocenters. The molecule has 0 aliphatic carbocycles. The first kappa shape index (κ1) is 16.8. The minimum atomic E-state index is -0.403. The van der Waals surface area contributed by atoms with Crippen LogP contribution in [0.4, 0.5) is 5.69 Å². The van der Waals surface area contributed by atoms with Gasteiger partial charge in [0, 0.05) is 18.9 Å². The van der Waals surface area contributed by atoms with E-state index in [-0.39, 0.29) is 12.5 Å². The average molecular weight is 315 g/mol. The topological polar surface area (TPSA) is 55.8 Å². The summed E-state index contributed by atoms with van der Waals surface area (Å²) in [5, 5.41) is 1.91. The highest BCUT2D eigenvalue weighted by molar-refractivity contribution is 6.03. The standard InChI is InChI=1S/C18H21NO4/c1-4-19(13(3)20)17-8-6-7-14-9-10-15(11-16(14)17)23-12-18(21)22-5-2/h6-11H,4-5,12H2,1-3H3. The maximum atomic E-state index is 11.8. The lowest BCUT2D eigenvalue weighted by molar-refractivity contribution is -0.145. The molecule has 2 rings (SSSR count). The van der Waals surface area contributed by atoms with Gasteiger partial charge in [0.2, 0.25) is 5.91 Å². The number of nitrogens with zero attached hydrogens (tertiary/aromatic N) is 1. The van der Waals surface area contributed by atoms with E-state index in [4.69, 9.17) is 9.47 Å². The average Bonchev–Trinajstić information content (AvgIpc) is 2.53. The molecule has 0 aliphatic rings. The Morgan fingerprint density at radius 3 is 2.57 bits per heavy atom. The van der Waals surface area contributed by atoms with Crippen molar-refractivity contribution >= 4 is 28.3 Å². The van der Waals surface area contributed by atoms with Gasteiger partial charge >= 0.3 is 5.97 Å². The summed E-state index contributed by atoms with van der Waals surface area (Å²) in [6, 6.07) is 11.4. The smallest absolute Gasteiger partial charge is 0.344 e. The second-order valence-corrected chi connectivity index (χ2v) is 5.02. The van der Waals surface area contributed by atoms with Gasteiger partial charge in [-0.3, -0.25) is 4.79 Å². The molecular weight excluding hydrogens is 294 g/mol. The number of carbonyl (C=O) groups is 2. The van der Waals surface area contributed by atoms with Crippen molar-refractivity contribution in [2.75, 3.05) is 24.7 Å². The van der Waals surface area contributed by atoms with Gasteiger partial charge in [0.1, 0.15) is 5.75 Å². The van der Waals surface area contributed by atoms with Gasteiger partial charge in [-0.05, 0) is 37.4 Å². The zero-order valence-electron chi connectivity index (χ0n) is 13.7. The molecule has 23 heavy (non-hydrogen) atoms. The number of fused-ring (bicyclic) bond motifs is 1. The largest absolute Gasteiger partial charge is 0.482 e. The van der Waals surface area contributed by atoms with Crippen molar-refractivity contribution in [3.63, 3.8) is 0 Å². The van der Waals surface area contributed by atoms with Crippen molar-refractivity contribution < 1.29 is 19.1 Å². The summed E-state index contributed by atoms with van der Waals surface area (Å²) in [4.78, 5) is 24.9. The van der Waals surface area contributed by atoms with E-state index in [0.717, 1.165) is 16.5 Å². The maximum absolute atomic E-state index is 11.8. The zero-order valence-corrected chi connectivity index (χ0v) is 13.7. The molecule has 2 aromatic carbocycles. The molecule has 0 radical (unpaired) electrons. The van der Waals surface area contributed by atoms with E-state index >= 15 is 0 Å². The molecule has 0 heterocycles. The summed E-state index contributed by atoms with van der Waals surface area (Å²) >= 11 is 0. The first-order valence-electron chi connectivity index (χ1n) is 7.66. The Morgan fingerprint density at radius 1 is 1.13 bits per heavy atom. The van der Waals surface area contributed by atoms with Gasteiger partial charge < -0.3 is 14.4 Å². The molecule has 0 saturated carbocycles. The van der Waals surface area contributed by atoms with Crippen LogP contribution >= 0.6 is 0 Å². The summed E-state index contributed by atoms with van der Waals surface area (Å²) in [5.74, 6) is 0.148. The van der Waals surface area contributed by atoms with Crippen LogP contribution in [0.3, 0.4) is 0 Å². The number of hydrogen-bond acceptors (Lipinski definition) is 4. The fourth-order valence-electron chi connectivity index (χ4n) is 2.47. The molecule has 0 bridgehead atoms. The zero-order chi connectivity index (χ0) is 16.8. The summed E-state index contributed by atoms with van der Waals surface area (Å²) in [6.45, 7) is 6.01. The van der Waals surface area contributed by atoms with Gasteiger partial charge in [0.05, 0.1) is 12.3 Å². The highest BCUT2D eigenvalue weighted by Gasteiger charge is 2.13. The van der Waals surface area contributed by atoms with Gasteiger partial charge in [0.15, 0.2) is 6.61 Å². The van der Waals surface area contributed by atoms with Crippen LogP contribution in [0.15, 0.2) is 36.4 Å². The van der Waals surface area contributed by atoms with E-state index in [0.29, 0.717) is 18.9 Å². The predicted octanol–water partition coefficient (Wildman–Crippen LogP) is 3.15. The van der Waals surface area contributed by atoms with Gasteiger partial charge in [-0.2, -0.15) is 0 Å². The van der Waals surface area contributed by atoms with Gasteiger partial charge in [-0.15, -0.1) is 0 Å². The molecule has 0 aliphatic heterocycles. The van der Waals surface area contributed by atoms with Crippen molar-refractivity contribution in [3.05, 3.63) is 36.4 Å².